The fourth-order valence-electron chi connectivity index (χ4n) is 1.79. The fourth-order valence-corrected chi connectivity index (χ4v) is 1.79. The van der Waals surface area contributed by atoms with Crippen LogP contribution in [0.4, 0.5) is 11.6 Å². The molecule has 0 radical (unpaired) electrons. The number of anilines is 2. The first kappa shape index (κ1) is 17.2. The number of nitrogens with zero attached hydrogens (tertiary/aromatic N) is 3. The predicted molar refractivity (Wildman–Crippen MR) is 83.7 cm³/mol. The molecule has 1 aromatic heterocycles. The highest BCUT2D eigenvalue weighted by molar-refractivity contribution is 5.80. The van der Waals surface area contributed by atoms with Crippen LogP contribution in [0.1, 0.15) is 19.2 Å². The van der Waals surface area contributed by atoms with Crippen LogP contribution in [0.15, 0.2) is 6.07 Å². The topological polar surface area (TPSA) is 79.4 Å². The second kappa shape index (κ2) is 9.12. The number of nitrogens with one attached hydrogen (secondary N) is 2. The molecule has 1 amide bonds. The number of aromatic nitrogens is 2. The quantitative estimate of drug-likeness (QED) is 0.652. The van der Waals surface area contributed by atoms with E-state index in [1.807, 2.05) is 25.1 Å². The second-order valence-electron chi connectivity index (χ2n) is 4.73. The van der Waals surface area contributed by atoms with Crippen LogP contribution in [0.2, 0.25) is 0 Å². The van der Waals surface area contributed by atoms with Crippen LogP contribution < -0.4 is 15.5 Å². The van der Waals surface area contributed by atoms with Gasteiger partial charge >= 0.3 is 0 Å². The van der Waals surface area contributed by atoms with Crippen molar-refractivity contribution in [3.8, 4) is 0 Å². The molecule has 1 rings (SSSR count). The number of carbonyl (C=O) groups is 1. The van der Waals surface area contributed by atoms with Crippen LogP contribution in [0, 0.1) is 0 Å². The SMILES string of the molecule is CCCc1nc(NC)cc(N(C)CC(=O)NCCOC)n1. The molecule has 0 aromatic carbocycles. The van der Waals surface area contributed by atoms with Crippen molar-refractivity contribution in [2.45, 2.75) is 19.8 Å². The standard InChI is InChI=1S/C14H25N5O2/c1-5-6-11-17-12(15-2)9-13(18-11)19(3)10-14(20)16-7-8-21-4/h9H,5-8,10H2,1-4H3,(H,16,20)(H,15,17,18). The molecule has 0 spiro atoms. The van der Waals surface area contributed by atoms with E-state index in [1.54, 1.807) is 7.11 Å². The molecule has 1 aromatic rings. The van der Waals surface area contributed by atoms with E-state index in [4.69, 9.17) is 4.74 Å². The first-order valence-electron chi connectivity index (χ1n) is 7.13. The van der Waals surface area contributed by atoms with Gasteiger partial charge in [-0.3, -0.25) is 4.79 Å². The van der Waals surface area contributed by atoms with Gasteiger partial charge in [0.15, 0.2) is 0 Å². The van der Waals surface area contributed by atoms with Gasteiger partial charge in [0.25, 0.3) is 0 Å². The Kier molecular flexibility index (Phi) is 7.45. The highest BCUT2D eigenvalue weighted by Gasteiger charge is 2.11. The molecule has 0 bridgehead atoms. The lowest BCUT2D eigenvalue weighted by Gasteiger charge is -2.19. The number of carbonyl (C=O) groups excluding carboxylic acids is 1. The maximum atomic E-state index is 11.8. The molecule has 0 atom stereocenters. The summed E-state index contributed by atoms with van der Waals surface area (Å²) < 4.78 is 4.90. The largest absolute Gasteiger partial charge is 0.383 e. The van der Waals surface area contributed by atoms with E-state index >= 15 is 0 Å². The van der Waals surface area contributed by atoms with Gasteiger partial charge in [-0.15, -0.1) is 0 Å². The van der Waals surface area contributed by atoms with E-state index in [9.17, 15) is 4.79 Å². The Bertz CT molecular complexity index is 453. The lowest BCUT2D eigenvalue weighted by molar-refractivity contribution is -0.119. The molecule has 118 valence electrons. The predicted octanol–water partition coefficient (Wildman–Crippen LogP) is 0.670. The van der Waals surface area contributed by atoms with Crippen molar-refractivity contribution in [2.24, 2.45) is 0 Å². The molecule has 7 nitrogen and oxygen atoms in total. The highest BCUT2D eigenvalue weighted by atomic mass is 16.5. The van der Waals surface area contributed by atoms with Crippen molar-refractivity contribution >= 4 is 17.5 Å². The zero-order chi connectivity index (χ0) is 15.7. The molecular formula is C14H25N5O2. The number of amides is 1. The minimum absolute atomic E-state index is 0.0591. The minimum Gasteiger partial charge on any atom is -0.383 e. The van der Waals surface area contributed by atoms with Crippen molar-refractivity contribution in [3.05, 3.63) is 11.9 Å². The molecule has 0 saturated heterocycles. The zero-order valence-corrected chi connectivity index (χ0v) is 13.3. The van der Waals surface area contributed by atoms with Crippen LogP contribution in [0.25, 0.3) is 0 Å². The van der Waals surface area contributed by atoms with Crippen LogP contribution >= 0.6 is 0 Å². The number of ether oxygens (including phenoxy) is 1. The molecule has 1 heterocycles. The molecular weight excluding hydrogens is 270 g/mol. The molecule has 21 heavy (non-hydrogen) atoms. The summed E-state index contributed by atoms with van der Waals surface area (Å²) in [4.78, 5) is 22.5. The zero-order valence-electron chi connectivity index (χ0n) is 13.3. The minimum atomic E-state index is -0.0591. The molecule has 0 aliphatic rings. The number of methoxy groups -OCH3 is 1. The number of hydrogen-bond acceptors (Lipinski definition) is 6. The maximum absolute atomic E-state index is 11.8. The van der Waals surface area contributed by atoms with Gasteiger partial charge in [-0.25, -0.2) is 9.97 Å². The van der Waals surface area contributed by atoms with Gasteiger partial charge in [-0.05, 0) is 6.42 Å². The molecule has 0 aliphatic carbocycles. The van der Waals surface area contributed by atoms with Crippen LogP contribution in [-0.4, -0.2) is 56.8 Å². The van der Waals surface area contributed by atoms with Gasteiger partial charge in [0, 0.05) is 40.2 Å². The maximum Gasteiger partial charge on any atom is 0.239 e. The summed E-state index contributed by atoms with van der Waals surface area (Å²) in [6.45, 7) is 3.35. The Morgan fingerprint density at radius 1 is 1.43 bits per heavy atom. The van der Waals surface area contributed by atoms with Gasteiger partial charge < -0.3 is 20.3 Å². The van der Waals surface area contributed by atoms with E-state index in [2.05, 4.69) is 27.5 Å². The van der Waals surface area contributed by atoms with Crippen molar-refractivity contribution in [3.63, 3.8) is 0 Å². The molecule has 2 N–H and O–H groups in total. The van der Waals surface area contributed by atoms with E-state index < -0.39 is 0 Å². The van der Waals surface area contributed by atoms with Gasteiger partial charge in [0.1, 0.15) is 17.5 Å². The summed E-state index contributed by atoms with van der Waals surface area (Å²) in [7, 11) is 5.26. The number of likely N-dealkylation sites (N-methyl/N-ethyl adjacent to an activating group) is 1. The summed E-state index contributed by atoms with van der Waals surface area (Å²) in [5, 5.41) is 5.81. The van der Waals surface area contributed by atoms with Gasteiger partial charge in [-0.2, -0.15) is 0 Å². The third-order valence-electron chi connectivity index (χ3n) is 2.89. The summed E-state index contributed by atoms with van der Waals surface area (Å²) in [6, 6.07) is 1.83. The van der Waals surface area contributed by atoms with E-state index in [0.717, 1.165) is 30.3 Å². The van der Waals surface area contributed by atoms with Gasteiger partial charge in [0.05, 0.1) is 13.2 Å². The van der Waals surface area contributed by atoms with Crippen molar-refractivity contribution in [2.75, 3.05) is 51.1 Å². The number of hydrogen-bond donors (Lipinski definition) is 2. The molecule has 7 heteroatoms. The normalized spacial score (nSPS) is 10.3. The van der Waals surface area contributed by atoms with E-state index in [0.29, 0.717) is 13.2 Å². The van der Waals surface area contributed by atoms with E-state index in [-0.39, 0.29) is 12.5 Å². The fraction of sp³-hybridized carbons (Fsp3) is 0.643. The average Bonchev–Trinajstić information content (AvgIpc) is 2.47. The van der Waals surface area contributed by atoms with Crippen molar-refractivity contribution < 1.29 is 9.53 Å². The first-order chi connectivity index (χ1) is 10.1. The summed E-state index contributed by atoms with van der Waals surface area (Å²) >= 11 is 0. The summed E-state index contributed by atoms with van der Waals surface area (Å²) in [5.74, 6) is 2.22. The number of aryl methyl sites for hydroxylation is 1. The second-order valence-corrected chi connectivity index (χ2v) is 4.73. The molecule has 0 fully saturated rings. The third kappa shape index (κ3) is 5.95. The molecule has 0 saturated carbocycles. The summed E-state index contributed by atoms with van der Waals surface area (Å²) in [5.41, 5.74) is 0. The molecule has 0 unspecified atom stereocenters. The Balaban J connectivity index is 2.69. The lowest BCUT2D eigenvalue weighted by Crippen LogP contribution is -2.37. The van der Waals surface area contributed by atoms with Crippen molar-refractivity contribution in [1.82, 2.24) is 15.3 Å². The Labute approximate surface area is 126 Å². The highest BCUT2D eigenvalue weighted by Crippen LogP contribution is 2.15. The average molecular weight is 295 g/mol. The van der Waals surface area contributed by atoms with Crippen LogP contribution in [0.5, 0.6) is 0 Å². The van der Waals surface area contributed by atoms with Crippen LogP contribution in [0.3, 0.4) is 0 Å². The smallest absolute Gasteiger partial charge is 0.239 e. The first-order valence-corrected chi connectivity index (χ1v) is 7.13. The molecule has 0 aliphatic heterocycles. The van der Waals surface area contributed by atoms with Crippen LogP contribution in [-0.2, 0) is 16.0 Å². The number of rotatable bonds is 9. The van der Waals surface area contributed by atoms with Crippen molar-refractivity contribution in [1.29, 1.82) is 0 Å². The van der Waals surface area contributed by atoms with Gasteiger partial charge in [0.2, 0.25) is 5.91 Å². The third-order valence-corrected chi connectivity index (χ3v) is 2.89. The monoisotopic (exact) mass is 295 g/mol. The lowest BCUT2D eigenvalue weighted by atomic mass is 10.3. The summed E-state index contributed by atoms with van der Waals surface area (Å²) in [6.07, 6.45) is 1.80. The van der Waals surface area contributed by atoms with Gasteiger partial charge in [-0.1, -0.05) is 6.92 Å². The van der Waals surface area contributed by atoms with E-state index in [1.165, 1.54) is 0 Å². The Morgan fingerprint density at radius 2 is 2.19 bits per heavy atom. The Morgan fingerprint density at radius 3 is 2.81 bits per heavy atom. The Hall–Kier alpha value is -1.89.